The SMILES string of the molecule is COc1ccccc1CCNC1CC(=O)N(c2ccc(C)cc2)C1=O. The average Bonchev–Trinajstić information content (AvgIpc) is 2.90. The normalized spacial score (nSPS) is 17.2. The van der Waals surface area contributed by atoms with Crippen LogP contribution in [0.5, 0.6) is 5.75 Å². The predicted molar refractivity (Wildman–Crippen MR) is 96.8 cm³/mol. The van der Waals surface area contributed by atoms with E-state index in [-0.39, 0.29) is 18.2 Å². The Balaban J connectivity index is 1.62. The zero-order valence-corrected chi connectivity index (χ0v) is 14.5. The van der Waals surface area contributed by atoms with Crippen molar-refractivity contribution in [2.24, 2.45) is 0 Å². The van der Waals surface area contributed by atoms with Crippen molar-refractivity contribution < 1.29 is 14.3 Å². The highest BCUT2D eigenvalue weighted by molar-refractivity contribution is 6.22. The van der Waals surface area contributed by atoms with E-state index in [9.17, 15) is 9.59 Å². The second-order valence-corrected chi connectivity index (χ2v) is 6.18. The molecule has 0 aliphatic carbocycles. The Morgan fingerprint density at radius 2 is 1.84 bits per heavy atom. The Bertz CT molecular complexity index is 771. The molecule has 1 aliphatic heterocycles. The highest BCUT2D eigenvalue weighted by Crippen LogP contribution is 2.23. The third kappa shape index (κ3) is 3.72. The summed E-state index contributed by atoms with van der Waals surface area (Å²) in [5.41, 5.74) is 2.80. The number of methoxy groups -OCH3 is 1. The molecule has 0 saturated carbocycles. The summed E-state index contributed by atoms with van der Waals surface area (Å²) < 4.78 is 5.33. The number of nitrogens with one attached hydrogen (secondary N) is 1. The molecule has 1 atom stereocenters. The molecule has 0 spiro atoms. The van der Waals surface area contributed by atoms with Crippen LogP contribution < -0.4 is 15.0 Å². The van der Waals surface area contributed by atoms with E-state index in [4.69, 9.17) is 4.74 Å². The molecule has 2 amide bonds. The summed E-state index contributed by atoms with van der Waals surface area (Å²) in [7, 11) is 1.64. The molecule has 5 heteroatoms. The van der Waals surface area contributed by atoms with Gasteiger partial charge in [0.25, 0.3) is 5.91 Å². The molecule has 130 valence electrons. The standard InChI is InChI=1S/C20H22N2O3/c1-14-7-9-16(10-8-14)22-19(23)13-17(20(22)24)21-12-11-15-5-3-4-6-18(15)25-2/h3-10,17,21H,11-13H2,1-2H3. The first-order valence-electron chi connectivity index (χ1n) is 8.39. The van der Waals surface area contributed by atoms with Gasteiger partial charge in [-0.2, -0.15) is 0 Å². The van der Waals surface area contributed by atoms with Gasteiger partial charge in [-0.15, -0.1) is 0 Å². The Morgan fingerprint density at radius 3 is 2.56 bits per heavy atom. The van der Waals surface area contributed by atoms with E-state index in [1.807, 2.05) is 55.5 Å². The second-order valence-electron chi connectivity index (χ2n) is 6.18. The lowest BCUT2D eigenvalue weighted by molar-refractivity contribution is -0.121. The molecule has 1 unspecified atom stereocenters. The molecule has 2 aromatic rings. The summed E-state index contributed by atoms with van der Waals surface area (Å²) in [5.74, 6) is 0.483. The first-order valence-corrected chi connectivity index (χ1v) is 8.39. The highest BCUT2D eigenvalue weighted by Gasteiger charge is 2.39. The van der Waals surface area contributed by atoms with Crippen molar-refractivity contribution in [3.05, 3.63) is 59.7 Å². The van der Waals surface area contributed by atoms with Crippen molar-refractivity contribution in [3.63, 3.8) is 0 Å². The highest BCUT2D eigenvalue weighted by atomic mass is 16.5. The topological polar surface area (TPSA) is 58.6 Å². The monoisotopic (exact) mass is 338 g/mol. The smallest absolute Gasteiger partial charge is 0.251 e. The van der Waals surface area contributed by atoms with Gasteiger partial charge in [-0.3, -0.25) is 9.59 Å². The van der Waals surface area contributed by atoms with Gasteiger partial charge in [0.15, 0.2) is 0 Å². The Kier molecular flexibility index (Phi) is 5.14. The maximum absolute atomic E-state index is 12.6. The van der Waals surface area contributed by atoms with Crippen molar-refractivity contribution in [3.8, 4) is 5.75 Å². The van der Waals surface area contributed by atoms with Crippen molar-refractivity contribution in [2.75, 3.05) is 18.6 Å². The molecule has 1 saturated heterocycles. The predicted octanol–water partition coefficient (Wildman–Crippen LogP) is 2.47. The van der Waals surface area contributed by atoms with E-state index in [1.54, 1.807) is 7.11 Å². The molecule has 5 nitrogen and oxygen atoms in total. The number of hydrogen-bond donors (Lipinski definition) is 1. The van der Waals surface area contributed by atoms with Crippen molar-refractivity contribution in [2.45, 2.75) is 25.8 Å². The molecule has 0 bridgehead atoms. The number of rotatable bonds is 6. The van der Waals surface area contributed by atoms with Gasteiger partial charge in [0.2, 0.25) is 5.91 Å². The molecule has 1 N–H and O–H groups in total. The molecule has 1 fully saturated rings. The maximum atomic E-state index is 12.6. The van der Waals surface area contributed by atoms with Crippen molar-refractivity contribution in [1.29, 1.82) is 0 Å². The molecule has 0 radical (unpaired) electrons. The molecule has 1 aliphatic rings. The van der Waals surface area contributed by atoms with Crippen LogP contribution in [0, 0.1) is 6.92 Å². The number of nitrogens with zero attached hydrogens (tertiary/aromatic N) is 1. The number of benzene rings is 2. The Hall–Kier alpha value is -2.66. The third-order valence-corrected chi connectivity index (χ3v) is 4.42. The van der Waals surface area contributed by atoms with E-state index in [1.165, 1.54) is 4.90 Å². The summed E-state index contributed by atoms with van der Waals surface area (Å²) in [4.78, 5) is 26.1. The minimum absolute atomic E-state index is 0.163. The van der Waals surface area contributed by atoms with Gasteiger partial charge < -0.3 is 10.1 Å². The van der Waals surface area contributed by atoms with Gasteiger partial charge in [-0.05, 0) is 37.1 Å². The fourth-order valence-electron chi connectivity index (χ4n) is 3.05. The van der Waals surface area contributed by atoms with E-state index < -0.39 is 6.04 Å². The average molecular weight is 338 g/mol. The minimum Gasteiger partial charge on any atom is -0.496 e. The number of para-hydroxylation sites is 1. The van der Waals surface area contributed by atoms with Gasteiger partial charge in [-0.25, -0.2) is 4.90 Å². The van der Waals surface area contributed by atoms with Crippen LogP contribution in [-0.4, -0.2) is 31.5 Å². The Morgan fingerprint density at radius 1 is 1.12 bits per heavy atom. The number of imide groups is 1. The van der Waals surface area contributed by atoms with E-state index in [2.05, 4.69) is 5.32 Å². The number of hydrogen-bond acceptors (Lipinski definition) is 4. The summed E-state index contributed by atoms with van der Waals surface area (Å²) in [6, 6.07) is 14.7. The number of carbonyl (C=O) groups is 2. The van der Waals surface area contributed by atoms with Gasteiger partial charge in [0, 0.05) is 6.54 Å². The molecule has 25 heavy (non-hydrogen) atoms. The van der Waals surface area contributed by atoms with Gasteiger partial charge in [0.1, 0.15) is 5.75 Å². The molecular weight excluding hydrogens is 316 g/mol. The molecule has 2 aromatic carbocycles. The fourth-order valence-corrected chi connectivity index (χ4v) is 3.05. The maximum Gasteiger partial charge on any atom is 0.251 e. The number of amides is 2. The van der Waals surface area contributed by atoms with Gasteiger partial charge >= 0.3 is 0 Å². The molecular formula is C20H22N2O3. The lowest BCUT2D eigenvalue weighted by Crippen LogP contribution is -2.39. The van der Waals surface area contributed by atoms with Crippen molar-refractivity contribution in [1.82, 2.24) is 5.32 Å². The number of aryl methyl sites for hydroxylation is 1. The molecule has 0 aromatic heterocycles. The Labute approximate surface area is 147 Å². The van der Waals surface area contributed by atoms with Crippen LogP contribution in [0.3, 0.4) is 0 Å². The lowest BCUT2D eigenvalue weighted by atomic mass is 10.1. The van der Waals surface area contributed by atoms with Gasteiger partial charge in [0.05, 0.1) is 25.3 Å². The van der Waals surface area contributed by atoms with Crippen LogP contribution in [0.1, 0.15) is 17.5 Å². The van der Waals surface area contributed by atoms with Crippen LogP contribution in [0.2, 0.25) is 0 Å². The van der Waals surface area contributed by atoms with Crippen LogP contribution in [0.25, 0.3) is 0 Å². The van der Waals surface area contributed by atoms with Crippen molar-refractivity contribution >= 4 is 17.5 Å². The quantitative estimate of drug-likeness (QED) is 0.822. The fraction of sp³-hybridized carbons (Fsp3) is 0.300. The summed E-state index contributed by atoms with van der Waals surface area (Å²) in [5, 5.41) is 3.21. The zero-order valence-electron chi connectivity index (χ0n) is 14.5. The number of anilines is 1. The van der Waals surface area contributed by atoms with Crippen LogP contribution in [0.4, 0.5) is 5.69 Å². The van der Waals surface area contributed by atoms with E-state index >= 15 is 0 Å². The largest absolute Gasteiger partial charge is 0.496 e. The molecule has 1 heterocycles. The minimum atomic E-state index is -0.469. The second kappa shape index (κ2) is 7.49. The van der Waals surface area contributed by atoms with E-state index in [0.717, 1.165) is 23.3 Å². The first kappa shape index (κ1) is 17.2. The summed E-state index contributed by atoms with van der Waals surface area (Å²) in [6.45, 7) is 2.57. The van der Waals surface area contributed by atoms with Gasteiger partial charge in [-0.1, -0.05) is 35.9 Å². The first-order chi connectivity index (χ1) is 12.1. The van der Waals surface area contributed by atoms with Crippen LogP contribution >= 0.6 is 0 Å². The number of ether oxygens (including phenoxy) is 1. The summed E-state index contributed by atoms with van der Waals surface area (Å²) >= 11 is 0. The van der Waals surface area contributed by atoms with Crippen LogP contribution in [-0.2, 0) is 16.0 Å². The lowest BCUT2D eigenvalue weighted by Gasteiger charge is -2.16. The molecule has 3 rings (SSSR count). The number of carbonyl (C=O) groups excluding carboxylic acids is 2. The van der Waals surface area contributed by atoms with Crippen LogP contribution in [0.15, 0.2) is 48.5 Å². The zero-order chi connectivity index (χ0) is 17.8. The third-order valence-electron chi connectivity index (χ3n) is 4.42. The summed E-state index contributed by atoms with van der Waals surface area (Å²) in [6.07, 6.45) is 0.922. The van der Waals surface area contributed by atoms with E-state index in [0.29, 0.717) is 12.2 Å².